The van der Waals surface area contributed by atoms with Crippen LogP contribution < -0.4 is 15.0 Å². The number of anilines is 1. The highest BCUT2D eigenvalue weighted by Gasteiger charge is 2.37. The third-order valence-electron chi connectivity index (χ3n) is 5.32. The number of hydrogen-bond acceptors (Lipinski definition) is 5. The van der Waals surface area contributed by atoms with E-state index in [1.807, 2.05) is 44.2 Å². The zero-order chi connectivity index (χ0) is 21.7. The zero-order valence-corrected chi connectivity index (χ0v) is 17.4. The molecule has 0 aromatic heterocycles. The van der Waals surface area contributed by atoms with E-state index in [1.165, 1.54) is 0 Å². The van der Waals surface area contributed by atoms with Gasteiger partial charge in [-0.1, -0.05) is 24.3 Å². The van der Waals surface area contributed by atoms with Gasteiger partial charge in [-0.3, -0.25) is 14.4 Å². The maximum atomic E-state index is 12.4. The Morgan fingerprint density at radius 3 is 2.57 bits per heavy atom. The van der Waals surface area contributed by atoms with Crippen LogP contribution >= 0.6 is 0 Å². The highest BCUT2D eigenvalue weighted by atomic mass is 16.5. The van der Waals surface area contributed by atoms with Crippen molar-refractivity contribution in [3.63, 3.8) is 0 Å². The van der Waals surface area contributed by atoms with Gasteiger partial charge in [0.2, 0.25) is 5.91 Å². The van der Waals surface area contributed by atoms with Crippen LogP contribution in [-0.4, -0.2) is 38.0 Å². The minimum Gasteiger partial charge on any atom is -0.497 e. The number of carbonyl (C=O) groups is 3. The predicted octanol–water partition coefficient (Wildman–Crippen LogP) is 2.52. The molecular weight excluding hydrogens is 384 g/mol. The fourth-order valence-corrected chi connectivity index (χ4v) is 3.38. The van der Waals surface area contributed by atoms with E-state index in [0.29, 0.717) is 6.54 Å². The van der Waals surface area contributed by atoms with Crippen molar-refractivity contribution < 1.29 is 23.9 Å². The Kier molecular flexibility index (Phi) is 6.72. The van der Waals surface area contributed by atoms with Crippen LogP contribution in [0.4, 0.5) is 5.69 Å². The van der Waals surface area contributed by atoms with Crippen molar-refractivity contribution in [3.8, 4) is 5.75 Å². The van der Waals surface area contributed by atoms with E-state index in [2.05, 4.69) is 5.32 Å². The number of esters is 1. The molecule has 1 saturated heterocycles. The van der Waals surface area contributed by atoms with Gasteiger partial charge in [0.15, 0.2) is 6.61 Å². The molecule has 0 aliphatic carbocycles. The molecule has 0 spiro atoms. The van der Waals surface area contributed by atoms with Crippen LogP contribution in [0.2, 0.25) is 0 Å². The van der Waals surface area contributed by atoms with Gasteiger partial charge in [0.25, 0.3) is 5.91 Å². The van der Waals surface area contributed by atoms with Crippen LogP contribution in [0.25, 0.3) is 0 Å². The molecule has 3 rings (SSSR count). The lowest BCUT2D eigenvalue weighted by atomic mass is 10.1. The minimum atomic E-state index is -0.577. The van der Waals surface area contributed by atoms with E-state index in [1.54, 1.807) is 24.1 Å². The van der Waals surface area contributed by atoms with E-state index in [0.717, 1.165) is 28.1 Å². The van der Waals surface area contributed by atoms with Crippen molar-refractivity contribution in [1.29, 1.82) is 0 Å². The van der Waals surface area contributed by atoms with Gasteiger partial charge in [-0.15, -0.1) is 0 Å². The van der Waals surface area contributed by atoms with E-state index >= 15 is 0 Å². The van der Waals surface area contributed by atoms with Crippen molar-refractivity contribution in [2.45, 2.75) is 26.8 Å². The Bertz CT molecular complexity index is 939. The smallest absolute Gasteiger partial charge is 0.311 e. The standard InChI is InChI=1S/C23H26N2O5/c1-15-5-4-6-20(16(15)2)25-13-18(11-22(25)27)23(28)30-14-21(26)24-12-17-7-9-19(29-3)10-8-17/h4-10,18H,11-14H2,1-3H3,(H,24,26)/t18-/m1/s1. The molecule has 1 heterocycles. The van der Waals surface area contributed by atoms with Gasteiger partial charge in [-0.2, -0.15) is 0 Å². The monoisotopic (exact) mass is 410 g/mol. The first kappa shape index (κ1) is 21.4. The van der Waals surface area contributed by atoms with E-state index in [9.17, 15) is 14.4 Å². The Hall–Kier alpha value is -3.35. The summed E-state index contributed by atoms with van der Waals surface area (Å²) in [5.41, 5.74) is 3.81. The maximum absolute atomic E-state index is 12.4. The number of ether oxygens (including phenoxy) is 2. The maximum Gasteiger partial charge on any atom is 0.311 e. The summed E-state index contributed by atoms with van der Waals surface area (Å²) in [5.74, 6) is -0.882. The molecule has 158 valence electrons. The third kappa shape index (κ3) is 4.97. The normalized spacial score (nSPS) is 15.8. The summed E-state index contributed by atoms with van der Waals surface area (Å²) in [6.07, 6.45) is 0.0830. The molecule has 0 radical (unpaired) electrons. The summed E-state index contributed by atoms with van der Waals surface area (Å²) >= 11 is 0. The van der Waals surface area contributed by atoms with Crippen molar-refractivity contribution in [3.05, 3.63) is 59.2 Å². The number of hydrogen-bond donors (Lipinski definition) is 1. The number of carbonyl (C=O) groups excluding carboxylic acids is 3. The van der Waals surface area contributed by atoms with Gasteiger partial charge in [-0.05, 0) is 48.7 Å². The Labute approximate surface area is 176 Å². The lowest BCUT2D eigenvalue weighted by molar-refractivity contribution is -0.152. The van der Waals surface area contributed by atoms with Crippen molar-refractivity contribution in [2.75, 3.05) is 25.2 Å². The van der Waals surface area contributed by atoms with Crippen molar-refractivity contribution in [1.82, 2.24) is 5.32 Å². The van der Waals surface area contributed by atoms with Crippen molar-refractivity contribution >= 4 is 23.5 Å². The van der Waals surface area contributed by atoms with Gasteiger partial charge in [0, 0.05) is 25.2 Å². The molecule has 0 saturated carbocycles. The molecule has 7 heteroatoms. The largest absolute Gasteiger partial charge is 0.497 e. The molecule has 1 aliphatic rings. The first-order valence-electron chi connectivity index (χ1n) is 9.82. The molecule has 1 aliphatic heterocycles. The van der Waals surface area contributed by atoms with Gasteiger partial charge < -0.3 is 19.7 Å². The summed E-state index contributed by atoms with van der Waals surface area (Å²) < 4.78 is 10.2. The molecular formula is C23H26N2O5. The molecule has 2 amide bonds. The van der Waals surface area contributed by atoms with Crippen LogP contribution in [-0.2, 0) is 25.7 Å². The molecule has 7 nitrogen and oxygen atoms in total. The van der Waals surface area contributed by atoms with Crippen molar-refractivity contribution in [2.24, 2.45) is 5.92 Å². The van der Waals surface area contributed by atoms with Crippen LogP contribution in [0.5, 0.6) is 5.75 Å². The first-order valence-corrected chi connectivity index (χ1v) is 9.82. The van der Waals surface area contributed by atoms with E-state index in [-0.39, 0.29) is 25.5 Å². The molecule has 2 aromatic carbocycles. The number of rotatable bonds is 7. The molecule has 2 aromatic rings. The molecule has 1 fully saturated rings. The predicted molar refractivity (Wildman–Crippen MR) is 112 cm³/mol. The summed E-state index contributed by atoms with van der Waals surface area (Å²) in [4.78, 5) is 38.4. The van der Waals surface area contributed by atoms with Crippen LogP contribution in [0, 0.1) is 19.8 Å². The van der Waals surface area contributed by atoms with Gasteiger partial charge in [-0.25, -0.2) is 0 Å². The number of nitrogens with zero attached hydrogens (tertiary/aromatic N) is 1. The van der Waals surface area contributed by atoms with Gasteiger partial charge in [0.05, 0.1) is 13.0 Å². The molecule has 0 unspecified atom stereocenters. The fourth-order valence-electron chi connectivity index (χ4n) is 3.38. The highest BCUT2D eigenvalue weighted by Crippen LogP contribution is 2.29. The van der Waals surface area contributed by atoms with Crippen LogP contribution in [0.3, 0.4) is 0 Å². The quantitative estimate of drug-likeness (QED) is 0.709. The molecule has 1 atom stereocenters. The van der Waals surface area contributed by atoms with E-state index in [4.69, 9.17) is 9.47 Å². The number of nitrogens with one attached hydrogen (secondary N) is 1. The Balaban J connectivity index is 1.48. The SMILES string of the molecule is COc1ccc(CNC(=O)COC(=O)[C@@H]2CC(=O)N(c3cccc(C)c3C)C2)cc1. The summed E-state index contributed by atoms with van der Waals surface area (Å²) in [6.45, 7) is 4.15. The molecule has 1 N–H and O–H groups in total. The van der Waals surface area contributed by atoms with E-state index < -0.39 is 17.8 Å². The second-order valence-electron chi connectivity index (χ2n) is 7.36. The molecule has 0 bridgehead atoms. The summed E-state index contributed by atoms with van der Waals surface area (Å²) in [5, 5.41) is 2.71. The topological polar surface area (TPSA) is 84.9 Å². The average Bonchev–Trinajstić information content (AvgIpc) is 3.14. The second-order valence-corrected chi connectivity index (χ2v) is 7.36. The third-order valence-corrected chi connectivity index (χ3v) is 5.32. The number of amides is 2. The fraction of sp³-hybridized carbons (Fsp3) is 0.348. The first-order chi connectivity index (χ1) is 14.4. The number of methoxy groups -OCH3 is 1. The molecule has 30 heavy (non-hydrogen) atoms. The average molecular weight is 410 g/mol. The summed E-state index contributed by atoms with van der Waals surface area (Å²) in [6, 6.07) is 13.1. The number of aryl methyl sites for hydroxylation is 1. The second kappa shape index (κ2) is 9.43. The minimum absolute atomic E-state index is 0.0830. The van der Waals surface area contributed by atoms with Crippen LogP contribution in [0.1, 0.15) is 23.1 Å². The zero-order valence-electron chi connectivity index (χ0n) is 17.4. The van der Waals surface area contributed by atoms with Gasteiger partial charge in [0.1, 0.15) is 5.75 Å². The lowest BCUT2D eigenvalue weighted by Gasteiger charge is -2.20. The highest BCUT2D eigenvalue weighted by molar-refractivity contribution is 6.00. The summed E-state index contributed by atoms with van der Waals surface area (Å²) in [7, 11) is 1.59. The number of benzene rings is 2. The lowest BCUT2D eigenvalue weighted by Crippen LogP contribution is -2.31. The van der Waals surface area contributed by atoms with Crippen LogP contribution in [0.15, 0.2) is 42.5 Å². The Morgan fingerprint density at radius 2 is 1.87 bits per heavy atom. The van der Waals surface area contributed by atoms with Gasteiger partial charge >= 0.3 is 5.97 Å². The Morgan fingerprint density at radius 1 is 1.13 bits per heavy atom.